The zero-order valence-corrected chi connectivity index (χ0v) is 20.0. The summed E-state index contributed by atoms with van der Waals surface area (Å²) < 4.78 is 41.4. The Morgan fingerprint density at radius 3 is 2.06 bits per heavy atom. The molecule has 0 saturated heterocycles. The molecule has 180 valence electrons. The number of sulfonamides is 1. The van der Waals surface area contributed by atoms with Crippen molar-refractivity contribution in [2.75, 3.05) is 4.72 Å². The van der Waals surface area contributed by atoms with E-state index in [0.29, 0.717) is 34.6 Å². The van der Waals surface area contributed by atoms with Crippen molar-refractivity contribution in [2.45, 2.75) is 11.8 Å². The summed E-state index contributed by atoms with van der Waals surface area (Å²) in [6, 6.07) is 25.4. The number of para-hydroxylation sites is 1. The highest BCUT2D eigenvalue weighted by atomic mass is 32.2. The van der Waals surface area contributed by atoms with Crippen molar-refractivity contribution < 1.29 is 17.9 Å². The topological polar surface area (TPSA) is 108 Å². The van der Waals surface area contributed by atoms with Crippen LogP contribution < -0.4 is 14.2 Å². The molecule has 9 nitrogen and oxygen atoms in total. The van der Waals surface area contributed by atoms with Crippen molar-refractivity contribution in [2.24, 2.45) is 0 Å². The first-order valence-corrected chi connectivity index (χ1v) is 12.4. The lowest BCUT2D eigenvalue weighted by atomic mass is 10.3. The molecule has 2 heterocycles. The van der Waals surface area contributed by atoms with E-state index in [0.717, 1.165) is 5.82 Å². The van der Waals surface area contributed by atoms with Gasteiger partial charge in [0.1, 0.15) is 23.1 Å². The van der Waals surface area contributed by atoms with E-state index in [1.54, 1.807) is 60.9 Å². The van der Waals surface area contributed by atoms with Gasteiger partial charge in [-0.2, -0.15) is 0 Å². The first kappa shape index (κ1) is 23.1. The van der Waals surface area contributed by atoms with Crippen LogP contribution in [0.5, 0.6) is 23.1 Å². The molecular formula is C26H21N5O4S. The molecule has 0 saturated carbocycles. The fraction of sp³-hybridized carbons (Fsp3) is 0.0385. The molecule has 0 aliphatic carbocycles. The Balaban J connectivity index is 1.21. The fourth-order valence-corrected chi connectivity index (χ4v) is 4.41. The van der Waals surface area contributed by atoms with Crippen molar-refractivity contribution in [1.29, 1.82) is 0 Å². The second-order valence-electron chi connectivity index (χ2n) is 7.69. The predicted octanol–water partition coefficient (Wildman–Crippen LogP) is 5.36. The number of ether oxygens (including phenoxy) is 2. The summed E-state index contributed by atoms with van der Waals surface area (Å²) in [5, 5.41) is 8.24. The molecule has 0 bridgehead atoms. The third kappa shape index (κ3) is 5.34. The third-order valence-electron chi connectivity index (χ3n) is 5.14. The zero-order chi connectivity index (χ0) is 25.0. The number of hydrogen-bond donors (Lipinski definition) is 1. The molecule has 1 N–H and O–H groups in total. The number of imidazole rings is 1. The SMILES string of the molecule is Cc1nccn1-c1ccc(Oc2ccc(NS(=O)(=O)c3ccc(Oc4ccccc4)cc3)cc2)nn1. The van der Waals surface area contributed by atoms with Gasteiger partial charge in [0.05, 0.1) is 4.90 Å². The van der Waals surface area contributed by atoms with Crippen molar-refractivity contribution >= 4 is 15.7 Å². The molecule has 2 aromatic heterocycles. The van der Waals surface area contributed by atoms with Crippen molar-refractivity contribution in [1.82, 2.24) is 19.7 Å². The van der Waals surface area contributed by atoms with Crippen LogP contribution in [-0.4, -0.2) is 28.2 Å². The van der Waals surface area contributed by atoms with Gasteiger partial charge >= 0.3 is 0 Å². The van der Waals surface area contributed by atoms with Crippen molar-refractivity contribution in [3.05, 3.63) is 109 Å². The van der Waals surface area contributed by atoms with E-state index in [1.807, 2.05) is 41.8 Å². The summed E-state index contributed by atoms with van der Waals surface area (Å²) in [6.45, 7) is 1.87. The minimum absolute atomic E-state index is 0.117. The van der Waals surface area contributed by atoms with Crippen molar-refractivity contribution in [3.8, 4) is 28.9 Å². The van der Waals surface area contributed by atoms with Crippen molar-refractivity contribution in [3.63, 3.8) is 0 Å². The fourth-order valence-electron chi connectivity index (χ4n) is 3.35. The minimum Gasteiger partial charge on any atom is -0.457 e. The van der Waals surface area contributed by atoms with Gasteiger partial charge in [0.25, 0.3) is 10.0 Å². The van der Waals surface area contributed by atoms with Crippen LogP contribution >= 0.6 is 0 Å². The number of rotatable bonds is 8. The van der Waals surface area contributed by atoms with Gasteiger partial charge in [-0.25, -0.2) is 13.4 Å². The number of aryl methyl sites for hydroxylation is 1. The van der Waals surface area contributed by atoms with E-state index in [1.165, 1.54) is 12.1 Å². The van der Waals surface area contributed by atoms with Crippen LogP contribution in [0.1, 0.15) is 5.82 Å². The Morgan fingerprint density at radius 2 is 1.42 bits per heavy atom. The van der Waals surface area contributed by atoms with Crippen LogP contribution in [0.2, 0.25) is 0 Å². The van der Waals surface area contributed by atoms with Gasteiger partial charge in [-0.05, 0) is 73.7 Å². The molecule has 0 spiro atoms. The molecular weight excluding hydrogens is 478 g/mol. The van der Waals surface area contributed by atoms with Gasteiger partial charge in [0, 0.05) is 24.1 Å². The van der Waals surface area contributed by atoms with Crippen LogP contribution in [0.15, 0.2) is 108 Å². The number of nitrogens with one attached hydrogen (secondary N) is 1. The standard InChI is InChI=1S/C26H21N5O4S/c1-19-27-17-18-31(19)25-15-16-26(29-28-25)35-23-9-7-20(8-10-23)30-36(32,33)24-13-11-22(12-14-24)34-21-5-3-2-4-6-21/h2-18,30H,1H3. The summed E-state index contributed by atoms with van der Waals surface area (Å²) in [7, 11) is -3.78. The van der Waals surface area contributed by atoms with Crippen LogP contribution in [0.3, 0.4) is 0 Å². The molecule has 0 unspecified atom stereocenters. The summed E-state index contributed by atoms with van der Waals surface area (Å²) in [6.07, 6.45) is 3.49. The largest absolute Gasteiger partial charge is 0.457 e. The Morgan fingerprint density at radius 1 is 0.750 bits per heavy atom. The highest BCUT2D eigenvalue weighted by molar-refractivity contribution is 7.92. The summed E-state index contributed by atoms with van der Waals surface area (Å²) in [4.78, 5) is 4.28. The molecule has 0 radical (unpaired) electrons. The molecule has 5 rings (SSSR count). The number of aromatic nitrogens is 4. The van der Waals surface area contributed by atoms with E-state index >= 15 is 0 Å². The average molecular weight is 500 g/mol. The van der Waals surface area contributed by atoms with E-state index < -0.39 is 10.0 Å². The third-order valence-corrected chi connectivity index (χ3v) is 6.54. The number of anilines is 1. The summed E-state index contributed by atoms with van der Waals surface area (Å²) >= 11 is 0. The normalized spacial score (nSPS) is 11.1. The van der Waals surface area contributed by atoms with Gasteiger partial charge in [-0.15, -0.1) is 10.2 Å². The molecule has 0 aliphatic rings. The molecule has 5 aromatic rings. The molecule has 36 heavy (non-hydrogen) atoms. The Labute approximate surface area is 208 Å². The Bertz CT molecular complexity index is 1550. The number of benzene rings is 3. The average Bonchev–Trinajstić information content (AvgIpc) is 3.32. The van der Waals surface area contributed by atoms with Gasteiger partial charge in [0.15, 0.2) is 5.82 Å². The maximum Gasteiger partial charge on any atom is 0.261 e. The van der Waals surface area contributed by atoms with Crippen LogP contribution in [0.4, 0.5) is 5.69 Å². The Kier molecular flexibility index (Phi) is 6.33. The molecule has 0 atom stereocenters. The Hall–Kier alpha value is -4.70. The monoisotopic (exact) mass is 499 g/mol. The molecule has 10 heteroatoms. The molecule has 0 aliphatic heterocycles. The molecule has 3 aromatic carbocycles. The van der Waals surface area contributed by atoms with E-state index in [4.69, 9.17) is 9.47 Å². The lowest BCUT2D eigenvalue weighted by molar-refractivity contribution is 0.454. The second kappa shape index (κ2) is 9.88. The van der Waals surface area contributed by atoms with E-state index in [-0.39, 0.29) is 4.90 Å². The highest BCUT2D eigenvalue weighted by Crippen LogP contribution is 2.25. The first-order chi connectivity index (χ1) is 17.5. The maximum atomic E-state index is 12.8. The van der Waals surface area contributed by atoms with Gasteiger partial charge in [0.2, 0.25) is 5.88 Å². The number of nitrogens with zero attached hydrogens (tertiary/aromatic N) is 4. The zero-order valence-electron chi connectivity index (χ0n) is 19.1. The molecule has 0 fully saturated rings. The highest BCUT2D eigenvalue weighted by Gasteiger charge is 2.15. The second-order valence-corrected chi connectivity index (χ2v) is 9.38. The summed E-state index contributed by atoms with van der Waals surface area (Å²) in [5.74, 6) is 3.43. The maximum absolute atomic E-state index is 12.8. The van der Waals surface area contributed by atoms with Crippen LogP contribution in [-0.2, 0) is 10.0 Å². The van der Waals surface area contributed by atoms with Gasteiger partial charge in [-0.1, -0.05) is 18.2 Å². The predicted molar refractivity (Wildman–Crippen MR) is 134 cm³/mol. The van der Waals surface area contributed by atoms with Crippen LogP contribution in [0, 0.1) is 6.92 Å². The smallest absolute Gasteiger partial charge is 0.261 e. The van der Waals surface area contributed by atoms with E-state index in [9.17, 15) is 8.42 Å². The first-order valence-electron chi connectivity index (χ1n) is 10.9. The minimum atomic E-state index is -3.78. The van der Waals surface area contributed by atoms with Crippen LogP contribution in [0.25, 0.3) is 5.82 Å². The summed E-state index contributed by atoms with van der Waals surface area (Å²) in [5.41, 5.74) is 0.393. The lowest BCUT2D eigenvalue weighted by Crippen LogP contribution is -2.12. The lowest BCUT2D eigenvalue weighted by Gasteiger charge is -2.10. The van der Waals surface area contributed by atoms with Gasteiger partial charge < -0.3 is 9.47 Å². The molecule has 0 amide bonds. The quantitative estimate of drug-likeness (QED) is 0.306. The van der Waals surface area contributed by atoms with E-state index in [2.05, 4.69) is 19.9 Å². The van der Waals surface area contributed by atoms with Gasteiger partial charge in [-0.3, -0.25) is 9.29 Å². The number of hydrogen-bond acceptors (Lipinski definition) is 7.